The van der Waals surface area contributed by atoms with Gasteiger partial charge in [0, 0.05) is 24.0 Å². The largest absolute Gasteiger partial charge is 0.497 e. The van der Waals surface area contributed by atoms with E-state index in [9.17, 15) is 4.79 Å². The third-order valence-corrected chi connectivity index (χ3v) is 5.78. The second kappa shape index (κ2) is 14.5. The highest BCUT2D eigenvalue weighted by atomic mass is 16.5. The van der Waals surface area contributed by atoms with Gasteiger partial charge < -0.3 is 20.3 Å². The molecule has 0 unspecified atom stereocenters. The van der Waals surface area contributed by atoms with Gasteiger partial charge in [-0.25, -0.2) is 0 Å². The Labute approximate surface area is 214 Å². The Morgan fingerprint density at radius 1 is 0.944 bits per heavy atom. The summed E-state index contributed by atoms with van der Waals surface area (Å²) in [7, 11) is 3.30. The van der Waals surface area contributed by atoms with Crippen LogP contribution in [0.1, 0.15) is 42.1 Å². The Balaban J connectivity index is 0.00000456. The molecule has 1 heterocycles. The lowest BCUT2D eigenvalue weighted by molar-refractivity contribution is -0.117. The first-order valence-corrected chi connectivity index (χ1v) is 11.9. The number of pyridine rings is 1. The van der Waals surface area contributed by atoms with Crippen LogP contribution in [0.3, 0.4) is 0 Å². The molecule has 1 atom stereocenters. The molecule has 190 valence electrons. The van der Waals surface area contributed by atoms with Crippen LogP contribution < -0.4 is 14.8 Å². The van der Waals surface area contributed by atoms with Crippen molar-refractivity contribution in [1.29, 1.82) is 0 Å². The van der Waals surface area contributed by atoms with E-state index in [4.69, 9.17) is 9.47 Å². The number of nitrogens with one attached hydrogen (secondary N) is 1. The topological polar surface area (TPSA) is 92.0 Å². The van der Waals surface area contributed by atoms with Crippen molar-refractivity contribution >= 4 is 11.5 Å². The number of benzene rings is 2. The average molecular weight is 489 g/mol. The van der Waals surface area contributed by atoms with Crippen LogP contribution in [0.5, 0.6) is 11.5 Å². The molecular weight excluding hydrogens is 452 g/mol. The zero-order valence-corrected chi connectivity index (χ0v) is 21.5. The summed E-state index contributed by atoms with van der Waals surface area (Å²) in [5, 5.41) is 3.06. The van der Waals surface area contributed by atoms with Gasteiger partial charge in [-0.3, -0.25) is 9.78 Å². The number of ether oxygens (including phenoxy) is 2. The molecule has 0 saturated heterocycles. The monoisotopic (exact) mass is 488 g/mol. The van der Waals surface area contributed by atoms with E-state index in [1.165, 1.54) is 5.56 Å². The first kappa shape index (κ1) is 28.3. The van der Waals surface area contributed by atoms with Crippen molar-refractivity contribution in [3.63, 3.8) is 0 Å². The van der Waals surface area contributed by atoms with E-state index < -0.39 is 0 Å². The highest BCUT2D eigenvalue weighted by Crippen LogP contribution is 2.27. The Morgan fingerprint density at radius 3 is 2.03 bits per heavy atom. The molecular formula is C30H36N2O4. The molecule has 3 rings (SSSR count). The molecule has 0 bridgehead atoms. The number of nitrogens with zero attached hydrogens (tertiary/aromatic N) is 1. The standard InChI is InChI=1S/C30H34N2O3.H2O/c1-22-11-12-24(21-31-22)8-5-7-23(2)32-30(33)10-6-9-29(25-13-17-27(34-3)18-14-25)26-15-19-28(35-4)20-16-26;/h6,9-21,23H,5,7-8H2,1-4H3,(H,32,33);1H2/b10-6+;/t23-;/m1./s1. The van der Waals surface area contributed by atoms with Crippen LogP contribution in [0.4, 0.5) is 0 Å². The number of carbonyl (C=O) groups is 1. The smallest absolute Gasteiger partial charge is 0.244 e. The van der Waals surface area contributed by atoms with Crippen molar-refractivity contribution in [1.82, 2.24) is 10.3 Å². The Bertz CT molecular complexity index is 1090. The zero-order valence-electron chi connectivity index (χ0n) is 21.5. The van der Waals surface area contributed by atoms with Crippen LogP contribution in [0, 0.1) is 6.92 Å². The maximum Gasteiger partial charge on any atom is 0.244 e. The molecule has 0 aliphatic heterocycles. The van der Waals surface area contributed by atoms with Gasteiger partial charge in [0.1, 0.15) is 11.5 Å². The van der Waals surface area contributed by atoms with Crippen molar-refractivity contribution in [2.24, 2.45) is 0 Å². The first-order valence-electron chi connectivity index (χ1n) is 11.9. The minimum Gasteiger partial charge on any atom is -0.497 e. The Kier molecular flexibility index (Phi) is 11.4. The minimum absolute atomic E-state index is 0. The average Bonchev–Trinajstić information content (AvgIpc) is 2.88. The van der Waals surface area contributed by atoms with Crippen LogP contribution in [0.2, 0.25) is 0 Å². The number of amides is 1. The fraction of sp³-hybridized carbons (Fsp3) is 0.267. The number of allylic oxidation sites excluding steroid dienone is 2. The van der Waals surface area contributed by atoms with E-state index >= 15 is 0 Å². The molecule has 6 nitrogen and oxygen atoms in total. The lowest BCUT2D eigenvalue weighted by Crippen LogP contribution is -2.31. The van der Waals surface area contributed by atoms with Gasteiger partial charge in [-0.1, -0.05) is 42.5 Å². The van der Waals surface area contributed by atoms with Gasteiger partial charge in [0.2, 0.25) is 5.91 Å². The van der Waals surface area contributed by atoms with Crippen molar-refractivity contribution in [2.45, 2.75) is 39.2 Å². The van der Waals surface area contributed by atoms with Crippen molar-refractivity contribution in [2.75, 3.05) is 14.2 Å². The maximum absolute atomic E-state index is 12.5. The predicted molar refractivity (Wildman–Crippen MR) is 145 cm³/mol. The van der Waals surface area contributed by atoms with Crippen molar-refractivity contribution < 1.29 is 19.7 Å². The fourth-order valence-electron chi connectivity index (χ4n) is 3.75. The lowest BCUT2D eigenvalue weighted by Gasteiger charge is -2.12. The molecule has 0 fully saturated rings. The zero-order chi connectivity index (χ0) is 25.0. The molecule has 3 aromatic rings. The number of hydrogen-bond acceptors (Lipinski definition) is 4. The summed E-state index contributed by atoms with van der Waals surface area (Å²) in [6.07, 6.45) is 10.1. The van der Waals surface area contributed by atoms with E-state index in [2.05, 4.69) is 16.4 Å². The van der Waals surface area contributed by atoms with Gasteiger partial charge in [-0.2, -0.15) is 0 Å². The highest BCUT2D eigenvalue weighted by Gasteiger charge is 2.07. The molecule has 2 aromatic carbocycles. The number of aromatic nitrogens is 1. The van der Waals surface area contributed by atoms with Crippen molar-refractivity contribution in [3.05, 3.63) is 107 Å². The molecule has 0 spiro atoms. The van der Waals surface area contributed by atoms with Gasteiger partial charge in [-0.15, -0.1) is 0 Å². The van der Waals surface area contributed by atoms with E-state index in [1.54, 1.807) is 26.4 Å². The van der Waals surface area contributed by atoms with Crippen LogP contribution in [-0.4, -0.2) is 36.6 Å². The van der Waals surface area contributed by atoms with Crippen LogP contribution >= 0.6 is 0 Å². The molecule has 1 aromatic heterocycles. The fourth-order valence-corrected chi connectivity index (χ4v) is 3.75. The third kappa shape index (κ3) is 8.71. The Hall–Kier alpha value is -3.90. The summed E-state index contributed by atoms with van der Waals surface area (Å²) >= 11 is 0. The van der Waals surface area contributed by atoms with Gasteiger partial charge in [0.05, 0.1) is 14.2 Å². The summed E-state index contributed by atoms with van der Waals surface area (Å²) in [6.45, 7) is 4.02. The quantitative estimate of drug-likeness (QED) is 0.300. The van der Waals surface area contributed by atoms with E-state index in [-0.39, 0.29) is 17.4 Å². The number of carbonyl (C=O) groups excluding carboxylic acids is 1. The predicted octanol–water partition coefficient (Wildman–Crippen LogP) is 5.10. The minimum atomic E-state index is -0.102. The van der Waals surface area contributed by atoms with Gasteiger partial charge in [-0.05, 0) is 85.7 Å². The summed E-state index contributed by atoms with van der Waals surface area (Å²) in [6, 6.07) is 20.0. The molecule has 0 saturated carbocycles. The van der Waals surface area contributed by atoms with Crippen molar-refractivity contribution in [3.8, 4) is 11.5 Å². The maximum atomic E-state index is 12.5. The second-order valence-electron chi connectivity index (χ2n) is 8.51. The molecule has 1 amide bonds. The molecule has 3 N–H and O–H groups in total. The van der Waals surface area contributed by atoms with E-state index in [0.29, 0.717) is 0 Å². The first-order chi connectivity index (χ1) is 17.0. The van der Waals surface area contributed by atoms with Crippen LogP contribution in [-0.2, 0) is 11.2 Å². The number of aryl methyl sites for hydroxylation is 2. The lowest BCUT2D eigenvalue weighted by atomic mass is 9.97. The highest BCUT2D eigenvalue weighted by molar-refractivity contribution is 5.89. The summed E-state index contributed by atoms with van der Waals surface area (Å²) < 4.78 is 10.6. The molecule has 6 heteroatoms. The van der Waals surface area contributed by atoms with Crippen LogP contribution in [0.15, 0.2) is 85.1 Å². The SMILES string of the molecule is COc1ccc(C(=C/C=C/C(=O)N[C@H](C)CCCc2ccc(C)nc2)c2ccc(OC)cc2)cc1.O. The number of rotatable bonds is 11. The molecule has 36 heavy (non-hydrogen) atoms. The Morgan fingerprint density at radius 2 is 1.53 bits per heavy atom. The van der Waals surface area contributed by atoms with Gasteiger partial charge in [0.25, 0.3) is 0 Å². The summed E-state index contributed by atoms with van der Waals surface area (Å²) in [5.41, 5.74) is 5.31. The van der Waals surface area contributed by atoms with Crippen LogP contribution in [0.25, 0.3) is 5.57 Å². The van der Waals surface area contributed by atoms with E-state index in [1.807, 2.05) is 80.7 Å². The molecule has 0 radical (unpaired) electrons. The molecule has 0 aliphatic carbocycles. The third-order valence-electron chi connectivity index (χ3n) is 5.78. The van der Waals surface area contributed by atoms with Gasteiger partial charge >= 0.3 is 0 Å². The van der Waals surface area contributed by atoms with Gasteiger partial charge in [0.15, 0.2) is 0 Å². The second-order valence-corrected chi connectivity index (χ2v) is 8.51. The molecule has 0 aliphatic rings. The summed E-state index contributed by atoms with van der Waals surface area (Å²) in [4.78, 5) is 16.8. The summed E-state index contributed by atoms with van der Waals surface area (Å²) in [5.74, 6) is 1.49. The number of hydrogen-bond donors (Lipinski definition) is 1. The van der Waals surface area contributed by atoms with E-state index in [0.717, 1.165) is 53.2 Å². The normalized spacial score (nSPS) is 11.3. The number of methoxy groups -OCH3 is 2.